The second kappa shape index (κ2) is 10.2. The molecule has 1 aliphatic rings. The van der Waals surface area contributed by atoms with Gasteiger partial charge in [0.1, 0.15) is 11.5 Å². The largest absolute Gasteiger partial charge is 0.490 e. The first-order valence-corrected chi connectivity index (χ1v) is 11.7. The number of benzene rings is 3. The molecule has 0 saturated carbocycles. The average Bonchev–Trinajstić information content (AvgIpc) is 3.13. The highest BCUT2D eigenvalue weighted by Gasteiger charge is 2.32. The molecule has 3 aromatic rings. The monoisotopic (exact) mass is 524 g/mol. The van der Waals surface area contributed by atoms with E-state index in [0.29, 0.717) is 41.3 Å². The first kappa shape index (κ1) is 23.1. The maximum atomic E-state index is 13.5. The first-order chi connectivity index (χ1) is 16.0. The third-order valence-corrected chi connectivity index (χ3v) is 5.70. The molecule has 0 N–H and O–H groups in total. The molecule has 0 saturated heterocycles. The first-order valence-electron chi connectivity index (χ1n) is 10.6. The molecule has 4 rings (SSSR count). The van der Waals surface area contributed by atoms with Crippen LogP contribution in [-0.4, -0.2) is 25.0 Å². The second-order valence-electron chi connectivity index (χ2n) is 7.16. The number of amides is 1. The fourth-order valence-electron chi connectivity index (χ4n) is 3.45. The lowest BCUT2D eigenvalue weighted by atomic mass is 10.1. The molecular formula is C26H22BrClN2O3. The van der Waals surface area contributed by atoms with Crippen LogP contribution < -0.4 is 14.4 Å². The van der Waals surface area contributed by atoms with Crippen LogP contribution in [0.4, 0.5) is 5.69 Å². The topological polar surface area (TPSA) is 51.1 Å². The summed E-state index contributed by atoms with van der Waals surface area (Å²) in [6.45, 7) is 4.89. The maximum Gasteiger partial charge on any atom is 0.282 e. The summed E-state index contributed by atoms with van der Waals surface area (Å²) in [7, 11) is 0. The van der Waals surface area contributed by atoms with Crippen molar-refractivity contribution in [2.24, 2.45) is 4.99 Å². The molecule has 5 nitrogen and oxygen atoms in total. The predicted molar refractivity (Wildman–Crippen MR) is 136 cm³/mol. The number of aliphatic imine (C=N–C) groups is 1. The Balaban J connectivity index is 1.77. The Morgan fingerprint density at radius 1 is 0.939 bits per heavy atom. The molecule has 0 fully saturated rings. The Labute approximate surface area is 206 Å². The summed E-state index contributed by atoms with van der Waals surface area (Å²) in [5, 5.41) is 0.618. The van der Waals surface area contributed by atoms with E-state index in [1.807, 2.05) is 68.4 Å². The van der Waals surface area contributed by atoms with E-state index in [9.17, 15) is 4.79 Å². The molecule has 0 bridgehead atoms. The minimum Gasteiger partial charge on any atom is -0.490 e. The van der Waals surface area contributed by atoms with E-state index in [1.54, 1.807) is 23.1 Å². The number of hydrogen-bond donors (Lipinski definition) is 0. The van der Waals surface area contributed by atoms with Gasteiger partial charge in [0.05, 0.1) is 18.9 Å². The highest BCUT2D eigenvalue weighted by Crippen LogP contribution is 2.32. The number of halogens is 2. The summed E-state index contributed by atoms with van der Waals surface area (Å²) in [4.78, 5) is 19.8. The van der Waals surface area contributed by atoms with Crippen LogP contribution >= 0.6 is 27.5 Å². The Hall–Kier alpha value is -3.09. The third-order valence-electron chi connectivity index (χ3n) is 4.92. The Morgan fingerprint density at radius 2 is 1.61 bits per heavy atom. The summed E-state index contributed by atoms with van der Waals surface area (Å²) in [5.74, 6) is 1.63. The van der Waals surface area contributed by atoms with Crippen LogP contribution in [-0.2, 0) is 4.79 Å². The van der Waals surface area contributed by atoms with E-state index in [4.69, 9.17) is 26.1 Å². The van der Waals surface area contributed by atoms with Crippen molar-refractivity contribution in [3.05, 3.63) is 93.0 Å². The van der Waals surface area contributed by atoms with Crippen molar-refractivity contribution >= 4 is 51.0 Å². The van der Waals surface area contributed by atoms with Crippen molar-refractivity contribution in [2.75, 3.05) is 18.1 Å². The SMILES string of the molecule is CCOc1ccc(C=C2N=C(c3ccc(Cl)cc3)N(c3ccc(Br)cc3)C2=O)cc1OCC. The van der Waals surface area contributed by atoms with Gasteiger partial charge in [-0.1, -0.05) is 33.6 Å². The van der Waals surface area contributed by atoms with Gasteiger partial charge in [-0.3, -0.25) is 9.69 Å². The molecule has 1 amide bonds. The molecule has 33 heavy (non-hydrogen) atoms. The van der Waals surface area contributed by atoms with Crippen LogP contribution in [0.1, 0.15) is 25.0 Å². The molecule has 0 aromatic heterocycles. The summed E-state index contributed by atoms with van der Waals surface area (Å²) >= 11 is 9.52. The fraction of sp³-hybridized carbons (Fsp3) is 0.154. The average molecular weight is 526 g/mol. The molecular weight excluding hydrogens is 504 g/mol. The van der Waals surface area contributed by atoms with Crippen LogP contribution in [0.2, 0.25) is 5.02 Å². The predicted octanol–water partition coefficient (Wildman–Crippen LogP) is 6.73. The van der Waals surface area contributed by atoms with Crippen LogP contribution in [0.3, 0.4) is 0 Å². The van der Waals surface area contributed by atoms with Gasteiger partial charge < -0.3 is 9.47 Å². The summed E-state index contributed by atoms with van der Waals surface area (Å²) < 4.78 is 12.3. The van der Waals surface area contributed by atoms with Crippen LogP contribution in [0.5, 0.6) is 11.5 Å². The van der Waals surface area contributed by atoms with Gasteiger partial charge in [-0.2, -0.15) is 0 Å². The fourth-order valence-corrected chi connectivity index (χ4v) is 3.84. The summed E-state index contributed by atoms with van der Waals surface area (Å²) in [5.41, 5.74) is 2.64. The zero-order valence-corrected chi connectivity index (χ0v) is 20.6. The summed E-state index contributed by atoms with van der Waals surface area (Å²) in [6, 6.07) is 20.4. The van der Waals surface area contributed by atoms with Crippen molar-refractivity contribution in [3.63, 3.8) is 0 Å². The van der Waals surface area contributed by atoms with Gasteiger partial charge in [-0.15, -0.1) is 0 Å². The van der Waals surface area contributed by atoms with Crippen molar-refractivity contribution in [1.82, 2.24) is 0 Å². The number of hydrogen-bond acceptors (Lipinski definition) is 4. The van der Waals surface area contributed by atoms with Gasteiger partial charge in [-0.05, 0) is 86.2 Å². The molecule has 1 aliphatic heterocycles. The molecule has 1 heterocycles. The zero-order chi connectivity index (χ0) is 23.4. The molecule has 168 valence electrons. The zero-order valence-electron chi connectivity index (χ0n) is 18.2. The number of ether oxygens (including phenoxy) is 2. The highest BCUT2D eigenvalue weighted by atomic mass is 79.9. The van der Waals surface area contributed by atoms with E-state index in [-0.39, 0.29) is 5.91 Å². The standard InChI is InChI=1S/C26H22BrClN2O3/c1-3-32-23-14-5-17(16-24(23)33-4-2)15-22-26(31)30(21-12-8-19(27)9-13-21)25(29-22)18-6-10-20(28)11-7-18/h5-16H,3-4H2,1-2H3. The molecule has 3 aromatic carbocycles. The van der Waals surface area contributed by atoms with Crippen molar-refractivity contribution < 1.29 is 14.3 Å². The van der Waals surface area contributed by atoms with Gasteiger partial charge in [0.25, 0.3) is 5.91 Å². The van der Waals surface area contributed by atoms with E-state index in [0.717, 1.165) is 21.3 Å². The smallest absolute Gasteiger partial charge is 0.282 e. The van der Waals surface area contributed by atoms with E-state index in [2.05, 4.69) is 15.9 Å². The number of carbonyl (C=O) groups is 1. The minimum atomic E-state index is -0.214. The molecule has 0 spiro atoms. The lowest BCUT2D eigenvalue weighted by molar-refractivity contribution is -0.113. The lowest BCUT2D eigenvalue weighted by Crippen LogP contribution is -2.32. The third kappa shape index (κ3) is 5.13. The van der Waals surface area contributed by atoms with Gasteiger partial charge >= 0.3 is 0 Å². The van der Waals surface area contributed by atoms with Crippen LogP contribution in [0.15, 0.2) is 81.9 Å². The molecule has 0 unspecified atom stereocenters. The van der Waals surface area contributed by atoms with E-state index < -0.39 is 0 Å². The van der Waals surface area contributed by atoms with Crippen molar-refractivity contribution in [2.45, 2.75) is 13.8 Å². The molecule has 0 aliphatic carbocycles. The highest BCUT2D eigenvalue weighted by molar-refractivity contribution is 9.10. The van der Waals surface area contributed by atoms with Gasteiger partial charge in [0.2, 0.25) is 0 Å². The Bertz CT molecular complexity index is 1220. The Kier molecular flexibility index (Phi) is 7.16. The quantitative estimate of drug-likeness (QED) is 0.321. The molecule has 0 atom stereocenters. The van der Waals surface area contributed by atoms with Crippen LogP contribution in [0.25, 0.3) is 6.08 Å². The van der Waals surface area contributed by atoms with Gasteiger partial charge in [0, 0.05) is 15.1 Å². The van der Waals surface area contributed by atoms with Crippen molar-refractivity contribution in [3.8, 4) is 11.5 Å². The second-order valence-corrected chi connectivity index (χ2v) is 8.51. The van der Waals surface area contributed by atoms with Gasteiger partial charge in [-0.25, -0.2) is 4.99 Å². The van der Waals surface area contributed by atoms with Crippen LogP contribution in [0, 0.1) is 0 Å². The number of rotatable bonds is 7. The molecule has 7 heteroatoms. The number of anilines is 1. The lowest BCUT2D eigenvalue weighted by Gasteiger charge is -2.18. The van der Waals surface area contributed by atoms with E-state index >= 15 is 0 Å². The maximum absolute atomic E-state index is 13.5. The van der Waals surface area contributed by atoms with Crippen molar-refractivity contribution in [1.29, 1.82) is 0 Å². The minimum absolute atomic E-state index is 0.214. The Morgan fingerprint density at radius 3 is 2.27 bits per heavy atom. The number of amidine groups is 1. The normalized spacial score (nSPS) is 14.5. The molecule has 0 radical (unpaired) electrons. The van der Waals surface area contributed by atoms with Gasteiger partial charge in [0.15, 0.2) is 11.5 Å². The number of carbonyl (C=O) groups excluding carboxylic acids is 1. The summed E-state index contributed by atoms with van der Waals surface area (Å²) in [6.07, 6.45) is 1.76. The van der Waals surface area contributed by atoms with E-state index in [1.165, 1.54) is 0 Å². The number of nitrogens with zero attached hydrogens (tertiary/aromatic N) is 2.